The molecule has 2 N–H and O–H groups in total. The summed E-state index contributed by atoms with van der Waals surface area (Å²) in [5.41, 5.74) is 1.74. The van der Waals surface area contributed by atoms with E-state index in [4.69, 9.17) is 0 Å². The SMILES string of the molecule is Cc1cc(NCC(C)(O)c2cnn(C)c2)ccn1. The van der Waals surface area contributed by atoms with Crippen LogP contribution in [0.4, 0.5) is 5.69 Å². The molecule has 0 radical (unpaired) electrons. The van der Waals surface area contributed by atoms with E-state index in [0.717, 1.165) is 16.9 Å². The van der Waals surface area contributed by atoms with Gasteiger partial charge in [-0.2, -0.15) is 5.10 Å². The minimum Gasteiger partial charge on any atom is -0.383 e. The summed E-state index contributed by atoms with van der Waals surface area (Å²) >= 11 is 0. The number of aromatic nitrogens is 3. The Labute approximate surface area is 106 Å². The number of aliphatic hydroxyl groups is 1. The molecule has 5 nitrogen and oxygen atoms in total. The minimum absolute atomic E-state index is 0.419. The van der Waals surface area contributed by atoms with Gasteiger partial charge in [0.1, 0.15) is 5.60 Å². The first kappa shape index (κ1) is 12.6. The van der Waals surface area contributed by atoms with Crippen LogP contribution in [0, 0.1) is 6.92 Å². The van der Waals surface area contributed by atoms with Crippen LogP contribution in [0.15, 0.2) is 30.7 Å². The summed E-state index contributed by atoms with van der Waals surface area (Å²) in [4.78, 5) is 4.13. The molecule has 2 aromatic heterocycles. The molecule has 1 atom stereocenters. The predicted octanol–water partition coefficient (Wildman–Crippen LogP) is 1.44. The topological polar surface area (TPSA) is 63.0 Å². The van der Waals surface area contributed by atoms with E-state index in [2.05, 4.69) is 15.4 Å². The maximum atomic E-state index is 10.4. The van der Waals surface area contributed by atoms with E-state index in [9.17, 15) is 5.11 Å². The highest BCUT2D eigenvalue weighted by molar-refractivity contribution is 5.43. The Morgan fingerprint density at radius 2 is 2.28 bits per heavy atom. The number of nitrogens with one attached hydrogen (secondary N) is 1. The summed E-state index contributed by atoms with van der Waals surface area (Å²) in [6, 6.07) is 3.83. The van der Waals surface area contributed by atoms with Crippen LogP contribution in [0.2, 0.25) is 0 Å². The number of hydrogen-bond acceptors (Lipinski definition) is 4. The molecule has 5 heteroatoms. The van der Waals surface area contributed by atoms with Gasteiger partial charge >= 0.3 is 0 Å². The predicted molar refractivity (Wildman–Crippen MR) is 70.2 cm³/mol. The molecule has 0 saturated heterocycles. The zero-order valence-corrected chi connectivity index (χ0v) is 10.9. The van der Waals surface area contributed by atoms with Gasteiger partial charge in [0.15, 0.2) is 0 Å². The first-order chi connectivity index (χ1) is 8.47. The second-order valence-electron chi connectivity index (χ2n) is 4.72. The fourth-order valence-corrected chi connectivity index (χ4v) is 1.73. The van der Waals surface area contributed by atoms with Gasteiger partial charge in [-0.25, -0.2) is 0 Å². The second kappa shape index (κ2) is 4.78. The zero-order chi connectivity index (χ0) is 13.2. The highest BCUT2D eigenvalue weighted by Crippen LogP contribution is 2.20. The van der Waals surface area contributed by atoms with Crippen molar-refractivity contribution in [2.24, 2.45) is 7.05 Å². The molecular weight excluding hydrogens is 228 g/mol. The molecule has 0 fully saturated rings. The van der Waals surface area contributed by atoms with Crippen molar-refractivity contribution in [3.63, 3.8) is 0 Å². The van der Waals surface area contributed by atoms with Gasteiger partial charge in [-0.15, -0.1) is 0 Å². The number of nitrogens with zero attached hydrogens (tertiary/aromatic N) is 3. The Morgan fingerprint density at radius 3 is 2.89 bits per heavy atom. The van der Waals surface area contributed by atoms with Crippen LogP contribution >= 0.6 is 0 Å². The van der Waals surface area contributed by atoms with E-state index in [0.29, 0.717) is 6.54 Å². The number of pyridine rings is 1. The largest absolute Gasteiger partial charge is 0.383 e. The third kappa shape index (κ3) is 2.87. The molecule has 2 rings (SSSR count). The van der Waals surface area contributed by atoms with Crippen LogP contribution in [0.1, 0.15) is 18.2 Å². The summed E-state index contributed by atoms with van der Waals surface area (Å²) in [7, 11) is 1.83. The summed E-state index contributed by atoms with van der Waals surface area (Å²) in [6.45, 7) is 4.12. The van der Waals surface area contributed by atoms with Gasteiger partial charge in [0.2, 0.25) is 0 Å². The Kier molecular flexibility index (Phi) is 3.34. The van der Waals surface area contributed by atoms with E-state index >= 15 is 0 Å². The zero-order valence-electron chi connectivity index (χ0n) is 10.9. The van der Waals surface area contributed by atoms with Gasteiger partial charge in [-0.3, -0.25) is 9.67 Å². The van der Waals surface area contributed by atoms with E-state index in [1.807, 2.05) is 32.3 Å². The third-order valence-corrected chi connectivity index (χ3v) is 2.86. The fourth-order valence-electron chi connectivity index (χ4n) is 1.73. The quantitative estimate of drug-likeness (QED) is 0.857. The Balaban J connectivity index is 2.05. The van der Waals surface area contributed by atoms with Crippen LogP contribution in [-0.4, -0.2) is 26.4 Å². The highest BCUT2D eigenvalue weighted by atomic mass is 16.3. The first-order valence-corrected chi connectivity index (χ1v) is 5.85. The van der Waals surface area contributed by atoms with Crippen molar-refractivity contribution < 1.29 is 5.11 Å². The van der Waals surface area contributed by atoms with E-state index in [-0.39, 0.29) is 0 Å². The standard InChI is InChI=1S/C13H18N4O/c1-10-6-12(4-5-14-10)15-9-13(2,18)11-7-16-17(3)8-11/h4-8,18H,9H2,1-3H3,(H,14,15). The van der Waals surface area contributed by atoms with Gasteiger partial charge in [0.05, 0.1) is 6.20 Å². The van der Waals surface area contributed by atoms with Gasteiger partial charge in [-0.1, -0.05) is 0 Å². The van der Waals surface area contributed by atoms with Crippen LogP contribution in [0.3, 0.4) is 0 Å². The minimum atomic E-state index is -0.953. The van der Waals surface area contributed by atoms with Gasteiger partial charge in [0.25, 0.3) is 0 Å². The summed E-state index contributed by atoms with van der Waals surface area (Å²) in [5.74, 6) is 0. The maximum Gasteiger partial charge on any atom is 0.107 e. The second-order valence-corrected chi connectivity index (χ2v) is 4.72. The number of rotatable bonds is 4. The molecule has 0 aliphatic rings. The number of hydrogen-bond donors (Lipinski definition) is 2. The van der Waals surface area contributed by atoms with Crippen molar-refractivity contribution >= 4 is 5.69 Å². The Hall–Kier alpha value is -1.88. The van der Waals surface area contributed by atoms with Gasteiger partial charge < -0.3 is 10.4 Å². The lowest BCUT2D eigenvalue weighted by atomic mass is 9.99. The normalized spacial score (nSPS) is 14.2. The van der Waals surface area contributed by atoms with E-state index in [1.165, 1.54) is 0 Å². The average Bonchev–Trinajstić information content (AvgIpc) is 2.74. The molecule has 2 aromatic rings. The lowest BCUT2D eigenvalue weighted by Crippen LogP contribution is -2.30. The molecule has 96 valence electrons. The smallest absolute Gasteiger partial charge is 0.107 e. The molecule has 2 heterocycles. The molecular formula is C13H18N4O. The molecule has 0 aliphatic carbocycles. The van der Waals surface area contributed by atoms with Crippen molar-refractivity contribution in [3.05, 3.63) is 42.0 Å². The molecule has 18 heavy (non-hydrogen) atoms. The van der Waals surface area contributed by atoms with E-state index < -0.39 is 5.60 Å². The Morgan fingerprint density at radius 1 is 1.50 bits per heavy atom. The summed E-state index contributed by atoms with van der Waals surface area (Å²) in [5, 5.41) is 17.7. The Bertz CT molecular complexity index is 533. The van der Waals surface area contributed by atoms with Crippen LogP contribution in [0.5, 0.6) is 0 Å². The molecule has 0 amide bonds. The third-order valence-electron chi connectivity index (χ3n) is 2.86. The average molecular weight is 246 g/mol. The van der Waals surface area contributed by atoms with E-state index in [1.54, 1.807) is 24.0 Å². The van der Waals surface area contributed by atoms with Crippen molar-refractivity contribution in [1.82, 2.24) is 14.8 Å². The maximum absolute atomic E-state index is 10.4. The van der Waals surface area contributed by atoms with Crippen LogP contribution in [0.25, 0.3) is 0 Å². The van der Waals surface area contributed by atoms with Crippen molar-refractivity contribution in [2.75, 3.05) is 11.9 Å². The van der Waals surface area contributed by atoms with Gasteiger partial charge in [0, 0.05) is 42.9 Å². The fraction of sp³-hybridized carbons (Fsp3) is 0.385. The molecule has 0 saturated carbocycles. The summed E-state index contributed by atoms with van der Waals surface area (Å²) in [6.07, 6.45) is 5.25. The van der Waals surface area contributed by atoms with Crippen LogP contribution < -0.4 is 5.32 Å². The number of aryl methyl sites for hydroxylation is 2. The lowest BCUT2D eigenvalue weighted by Gasteiger charge is -2.23. The van der Waals surface area contributed by atoms with Crippen molar-refractivity contribution in [1.29, 1.82) is 0 Å². The highest BCUT2D eigenvalue weighted by Gasteiger charge is 2.24. The molecule has 0 bridgehead atoms. The lowest BCUT2D eigenvalue weighted by molar-refractivity contribution is 0.0714. The van der Waals surface area contributed by atoms with Crippen molar-refractivity contribution in [3.8, 4) is 0 Å². The number of anilines is 1. The van der Waals surface area contributed by atoms with Crippen LogP contribution in [-0.2, 0) is 12.6 Å². The van der Waals surface area contributed by atoms with Gasteiger partial charge in [-0.05, 0) is 26.0 Å². The molecule has 0 aromatic carbocycles. The van der Waals surface area contributed by atoms with Crippen molar-refractivity contribution in [2.45, 2.75) is 19.4 Å². The monoisotopic (exact) mass is 246 g/mol. The molecule has 0 aliphatic heterocycles. The first-order valence-electron chi connectivity index (χ1n) is 5.85. The summed E-state index contributed by atoms with van der Waals surface area (Å²) < 4.78 is 1.68. The molecule has 0 spiro atoms. The molecule has 1 unspecified atom stereocenters.